The number of rotatable bonds is 2. The first-order valence-electron chi connectivity index (χ1n) is 5.16. The zero-order chi connectivity index (χ0) is 9.97. The number of hydrogen-bond donors (Lipinski definition) is 0. The molecule has 0 aliphatic heterocycles. The molecule has 0 N–H and O–H groups in total. The number of hydrogen-bond acceptors (Lipinski definition) is 1. The summed E-state index contributed by atoms with van der Waals surface area (Å²) in [4.78, 5) is 3.99. The molecule has 1 aromatic rings. The number of nitrogens with zero attached hydrogens (tertiary/aromatic N) is 1. The molecule has 1 aromatic heterocycles. The molecule has 0 saturated carbocycles. The molecule has 0 fully saturated rings. The SMILES string of the molecule is CCc1ccc(C2=CCCC2)nc1F. The zero-order valence-corrected chi connectivity index (χ0v) is 8.39. The predicted molar refractivity (Wildman–Crippen MR) is 55.4 cm³/mol. The van der Waals surface area contributed by atoms with Crippen molar-refractivity contribution in [2.24, 2.45) is 0 Å². The predicted octanol–water partition coefficient (Wildman–Crippen LogP) is 3.35. The van der Waals surface area contributed by atoms with Gasteiger partial charge in [0.05, 0.1) is 5.69 Å². The summed E-state index contributed by atoms with van der Waals surface area (Å²) in [6, 6.07) is 3.77. The third-order valence-corrected chi connectivity index (χ3v) is 2.68. The summed E-state index contributed by atoms with van der Waals surface area (Å²) in [5.74, 6) is -0.308. The quantitative estimate of drug-likeness (QED) is 0.653. The molecule has 0 saturated heterocycles. The van der Waals surface area contributed by atoms with Gasteiger partial charge < -0.3 is 0 Å². The van der Waals surface area contributed by atoms with E-state index in [-0.39, 0.29) is 5.95 Å². The van der Waals surface area contributed by atoms with Crippen LogP contribution in [-0.4, -0.2) is 4.98 Å². The molecule has 0 amide bonds. The van der Waals surface area contributed by atoms with Crippen molar-refractivity contribution < 1.29 is 4.39 Å². The van der Waals surface area contributed by atoms with Gasteiger partial charge in [-0.25, -0.2) is 4.98 Å². The lowest BCUT2D eigenvalue weighted by Crippen LogP contribution is -1.96. The Morgan fingerprint density at radius 1 is 1.43 bits per heavy atom. The molecule has 0 spiro atoms. The lowest BCUT2D eigenvalue weighted by Gasteiger charge is -2.03. The van der Waals surface area contributed by atoms with Gasteiger partial charge in [-0.1, -0.05) is 19.1 Å². The maximum absolute atomic E-state index is 13.4. The summed E-state index contributed by atoms with van der Waals surface area (Å²) >= 11 is 0. The van der Waals surface area contributed by atoms with E-state index in [0.717, 1.165) is 18.5 Å². The van der Waals surface area contributed by atoms with E-state index in [9.17, 15) is 4.39 Å². The topological polar surface area (TPSA) is 12.9 Å². The largest absolute Gasteiger partial charge is 0.220 e. The molecule has 1 heterocycles. The van der Waals surface area contributed by atoms with Crippen molar-refractivity contribution in [2.45, 2.75) is 32.6 Å². The second-order valence-electron chi connectivity index (χ2n) is 3.62. The molecular weight excluding hydrogens is 177 g/mol. The Bertz CT molecular complexity index is 369. The number of allylic oxidation sites excluding steroid dienone is 2. The Labute approximate surface area is 83.7 Å². The van der Waals surface area contributed by atoms with Crippen LogP contribution in [0.25, 0.3) is 5.57 Å². The third-order valence-electron chi connectivity index (χ3n) is 2.68. The van der Waals surface area contributed by atoms with E-state index in [1.165, 1.54) is 12.0 Å². The summed E-state index contributed by atoms with van der Waals surface area (Å²) < 4.78 is 13.4. The van der Waals surface area contributed by atoms with Crippen LogP contribution < -0.4 is 0 Å². The molecule has 0 aromatic carbocycles. The maximum Gasteiger partial charge on any atom is 0.216 e. The van der Waals surface area contributed by atoms with E-state index in [0.29, 0.717) is 12.0 Å². The van der Waals surface area contributed by atoms with Crippen molar-refractivity contribution in [3.05, 3.63) is 35.4 Å². The van der Waals surface area contributed by atoms with Crippen molar-refractivity contribution in [1.82, 2.24) is 4.98 Å². The van der Waals surface area contributed by atoms with E-state index >= 15 is 0 Å². The normalized spacial score (nSPS) is 15.7. The molecule has 14 heavy (non-hydrogen) atoms. The van der Waals surface area contributed by atoms with Crippen LogP contribution in [0, 0.1) is 5.95 Å². The Morgan fingerprint density at radius 3 is 2.86 bits per heavy atom. The first-order chi connectivity index (χ1) is 6.81. The van der Waals surface area contributed by atoms with E-state index in [2.05, 4.69) is 11.1 Å². The summed E-state index contributed by atoms with van der Waals surface area (Å²) in [6.07, 6.45) is 6.19. The molecule has 2 heteroatoms. The second-order valence-corrected chi connectivity index (χ2v) is 3.62. The number of aryl methyl sites for hydroxylation is 1. The van der Waals surface area contributed by atoms with E-state index in [4.69, 9.17) is 0 Å². The molecule has 2 rings (SSSR count). The highest BCUT2D eigenvalue weighted by Crippen LogP contribution is 2.26. The van der Waals surface area contributed by atoms with E-state index < -0.39 is 0 Å². The summed E-state index contributed by atoms with van der Waals surface area (Å²) in [7, 11) is 0. The van der Waals surface area contributed by atoms with Gasteiger partial charge in [-0.15, -0.1) is 0 Å². The Hall–Kier alpha value is -1.18. The number of pyridine rings is 1. The van der Waals surface area contributed by atoms with Gasteiger partial charge in [0, 0.05) is 5.56 Å². The minimum atomic E-state index is -0.308. The fraction of sp³-hybridized carbons (Fsp3) is 0.417. The minimum absolute atomic E-state index is 0.308. The number of aromatic nitrogens is 1. The number of halogens is 1. The molecule has 1 nitrogen and oxygen atoms in total. The maximum atomic E-state index is 13.4. The monoisotopic (exact) mass is 191 g/mol. The lowest BCUT2D eigenvalue weighted by atomic mass is 10.1. The van der Waals surface area contributed by atoms with Crippen molar-refractivity contribution in [1.29, 1.82) is 0 Å². The summed E-state index contributed by atoms with van der Waals surface area (Å²) in [6.45, 7) is 1.94. The van der Waals surface area contributed by atoms with Gasteiger partial charge in [0.2, 0.25) is 5.95 Å². The fourth-order valence-electron chi connectivity index (χ4n) is 1.81. The highest BCUT2D eigenvalue weighted by atomic mass is 19.1. The van der Waals surface area contributed by atoms with E-state index in [1.54, 1.807) is 0 Å². The van der Waals surface area contributed by atoms with Crippen molar-refractivity contribution in [3.63, 3.8) is 0 Å². The highest BCUT2D eigenvalue weighted by Gasteiger charge is 2.10. The first-order valence-corrected chi connectivity index (χ1v) is 5.16. The second kappa shape index (κ2) is 3.91. The van der Waals surface area contributed by atoms with Gasteiger partial charge in [0.15, 0.2) is 0 Å². The van der Waals surface area contributed by atoms with Crippen LogP contribution in [0.2, 0.25) is 0 Å². The lowest BCUT2D eigenvalue weighted by molar-refractivity contribution is 0.567. The minimum Gasteiger partial charge on any atom is -0.220 e. The van der Waals surface area contributed by atoms with Crippen molar-refractivity contribution >= 4 is 5.57 Å². The fourth-order valence-corrected chi connectivity index (χ4v) is 1.81. The van der Waals surface area contributed by atoms with E-state index in [1.807, 2.05) is 19.1 Å². The highest BCUT2D eigenvalue weighted by molar-refractivity contribution is 5.64. The first kappa shape index (κ1) is 9.38. The smallest absolute Gasteiger partial charge is 0.216 e. The van der Waals surface area contributed by atoms with Crippen molar-refractivity contribution in [2.75, 3.05) is 0 Å². The molecule has 74 valence electrons. The van der Waals surface area contributed by atoms with Gasteiger partial charge in [-0.3, -0.25) is 0 Å². The van der Waals surface area contributed by atoms with Crippen LogP contribution in [0.15, 0.2) is 18.2 Å². The van der Waals surface area contributed by atoms with Crippen LogP contribution in [0.4, 0.5) is 4.39 Å². The van der Waals surface area contributed by atoms with Crippen LogP contribution in [0.5, 0.6) is 0 Å². The Morgan fingerprint density at radius 2 is 2.29 bits per heavy atom. The van der Waals surface area contributed by atoms with Crippen LogP contribution in [0.3, 0.4) is 0 Å². The van der Waals surface area contributed by atoms with Crippen LogP contribution >= 0.6 is 0 Å². The molecule has 1 aliphatic carbocycles. The molecule has 0 atom stereocenters. The van der Waals surface area contributed by atoms with Crippen molar-refractivity contribution in [3.8, 4) is 0 Å². The van der Waals surface area contributed by atoms with Gasteiger partial charge in [-0.05, 0) is 37.3 Å². The average molecular weight is 191 g/mol. The summed E-state index contributed by atoms with van der Waals surface area (Å²) in [5.41, 5.74) is 2.72. The third kappa shape index (κ3) is 1.69. The molecule has 0 bridgehead atoms. The Balaban J connectivity index is 2.32. The van der Waals surface area contributed by atoms with Gasteiger partial charge in [0.1, 0.15) is 0 Å². The zero-order valence-electron chi connectivity index (χ0n) is 8.39. The molecule has 1 aliphatic rings. The van der Waals surface area contributed by atoms with Crippen LogP contribution in [-0.2, 0) is 6.42 Å². The average Bonchev–Trinajstić information content (AvgIpc) is 2.70. The van der Waals surface area contributed by atoms with Gasteiger partial charge >= 0.3 is 0 Å². The standard InChI is InChI=1S/C12H14FN/c1-2-9-7-8-11(14-12(9)13)10-5-3-4-6-10/h5,7-8H,2-4,6H2,1H3. The Kier molecular flexibility index (Phi) is 2.62. The summed E-state index contributed by atoms with van der Waals surface area (Å²) in [5, 5.41) is 0. The molecule has 0 unspecified atom stereocenters. The molecule has 0 radical (unpaired) electrons. The van der Waals surface area contributed by atoms with Gasteiger partial charge in [0.25, 0.3) is 0 Å². The molecular formula is C12H14FN. The van der Waals surface area contributed by atoms with Crippen LogP contribution in [0.1, 0.15) is 37.4 Å². The van der Waals surface area contributed by atoms with Gasteiger partial charge in [-0.2, -0.15) is 4.39 Å².